The summed E-state index contributed by atoms with van der Waals surface area (Å²) in [6, 6.07) is 12.2. The molecule has 1 aliphatic rings. The zero-order chi connectivity index (χ0) is 20.4. The second kappa shape index (κ2) is 8.20. The van der Waals surface area contributed by atoms with Crippen molar-refractivity contribution in [3.05, 3.63) is 69.9 Å². The van der Waals surface area contributed by atoms with Gasteiger partial charge >= 0.3 is 0 Å². The summed E-state index contributed by atoms with van der Waals surface area (Å²) >= 11 is 12.1. The van der Waals surface area contributed by atoms with E-state index in [1.165, 1.54) is 7.11 Å². The summed E-state index contributed by atoms with van der Waals surface area (Å²) in [5, 5.41) is 4.13. The highest BCUT2D eigenvalue weighted by molar-refractivity contribution is 7.80. The standard InChI is InChI=1S/C21H21ClN2O3S/c1-12-16(19(25)13-8-6-5-7-9-13)18(23-21(28)24(12)2)14-10-11-15(26-3)20(27-4)17(14)22/h5-11,18H,1-4H3,(H,23,28). The Morgan fingerprint density at radius 2 is 1.82 bits per heavy atom. The first-order valence-electron chi connectivity index (χ1n) is 8.65. The van der Waals surface area contributed by atoms with Crippen molar-refractivity contribution in [1.82, 2.24) is 10.2 Å². The first kappa shape index (κ1) is 20.2. The SMILES string of the molecule is COc1ccc(C2NC(=S)N(C)C(C)=C2C(=O)c2ccccc2)c(Cl)c1OC. The Bertz CT molecular complexity index is 960. The van der Waals surface area contributed by atoms with Gasteiger partial charge in [0.25, 0.3) is 0 Å². The largest absolute Gasteiger partial charge is 0.493 e. The van der Waals surface area contributed by atoms with Crippen LogP contribution in [-0.4, -0.2) is 37.1 Å². The van der Waals surface area contributed by atoms with Crippen LogP contribution >= 0.6 is 23.8 Å². The minimum Gasteiger partial charge on any atom is -0.493 e. The topological polar surface area (TPSA) is 50.8 Å². The third-order valence-corrected chi connectivity index (χ3v) is 5.64. The molecule has 1 N–H and O–H groups in total. The van der Waals surface area contributed by atoms with Gasteiger partial charge < -0.3 is 19.7 Å². The Balaban J connectivity index is 2.18. The van der Waals surface area contributed by atoms with Crippen molar-refractivity contribution >= 4 is 34.7 Å². The lowest BCUT2D eigenvalue weighted by Gasteiger charge is -2.36. The van der Waals surface area contributed by atoms with E-state index < -0.39 is 6.04 Å². The molecule has 0 aromatic heterocycles. The van der Waals surface area contributed by atoms with Crippen LogP contribution in [-0.2, 0) is 0 Å². The van der Waals surface area contributed by atoms with Crippen molar-refractivity contribution in [2.24, 2.45) is 0 Å². The van der Waals surface area contributed by atoms with Crippen LogP contribution in [0.2, 0.25) is 5.02 Å². The summed E-state index contributed by atoms with van der Waals surface area (Å²) in [6.45, 7) is 1.88. The number of Topliss-reactive ketones (excluding diaryl/α,β-unsaturated/α-hetero) is 1. The van der Waals surface area contributed by atoms with Gasteiger partial charge in [0.15, 0.2) is 22.4 Å². The molecule has 2 aromatic rings. The Morgan fingerprint density at radius 1 is 1.14 bits per heavy atom. The molecule has 0 fully saturated rings. The van der Waals surface area contributed by atoms with Crippen LogP contribution < -0.4 is 14.8 Å². The van der Waals surface area contributed by atoms with Crippen molar-refractivity contribution in [2.45, 2.75) is 13.0 Å². The van der Waals surface area contributed by atoms with Gasteiger partial charge in [0.2, 0.25) is 0 Å². The molecular formula is C21H21ClN2O3S. The molecule has 0 amide bonds. The van der Waals surface area contributed by atoms with Crippen molar-refractivity contribution in [2.75, 3.05) is 21.3 Å². The van der Waals surface area contributed by atoms with E-state index in [1.54, 1.807) is 30.2 Å². The number of nitrogens with one attached hydrogen (secondary N) is 1. The number of carbonyl (C=O) groups is 1. The fraction of sp³-hybridized carbons (Fsp3) is 0.238. The number of methoxy groups -OCH3 is 2. The van der Waals surface area contributed by atoms with E-state index in [2.05, 4.69) is 5.32 Å². The molecule has 0 radical (unpaired) electrons. The number of rotatable bonds is 5. The molecule has 1 heterocycles. The summed E-state index contributed by atoms with van der Waals surface area (Å²) in [5.41, 5.74) is 2.64. The summed E-state index contributed by atoms with van der Waals surface area (Å²) < 4.78 is 10.7. The number of hydrogen-bond donors (Lipinski definition) is 1. The summed E-state index contributed by atoms with van der Waals surface area (Å²) in [4.78, 5) is 15.2. The van der Waals surface area contributed by atoms with E-state index >= 15 is 0 Å². The van der Waals surface area contributed by atoms with Gasteiger partial charge in [0.05, 0.1) is 25.3 Å². The van der Waals surface area contributed by atoms with Gasteiger partial charge in [-0.15, -0.1) is 0 Å². The molecule has 2 aromatic carbocycles. The number of halogens is 1. The van der Waals surface area contributed by atoms with E-state index in [0.717, 1.165) is 5.70 Å². The molecule has 0 aliphatic carbocycles. The molecule has 1 unspecified atom stereocenters. The molecule has 0 bridgehead atoms. The number of ketones is 1. The summed E-state index contributed by atoms with van der Waals surface area (Å²) in [7, 11) is 4.90. The van der Waals surface area contributed by atoms with Crippen LogP contribution in [0, 0.1) is 0 Å². The minimum atomic E-state index is -0.510. The van der Waals surface area contributed by atoms with Crippen molar-refractivity contribution < 1.29 is 14.3 Å². The Morgan fingerprint density at radius 3 is 2.43 bits per heavy atom. The molecule has 146 valence electrons. The average Bonchev–Trinajstić information content (AvgIpc) is 2.71. The maximum Gasteiger partial charge on any atom is 0.193 e. The van der Waals surface area contributed by atoms with Crippen LogP contribution in [0.4, 0.5) is 0 Å². The van der Waals surface area contributed by atoms with Crippen LogP contribution in [0.25, 0.3) is 0 Å². The zero-order valence-corrected chi connectivity index (χ0v) is 17.6. The van der Waals surface area contributed by atoms with E-state index in [9.17, 15) is 4.79 Å². The highest BCUT2D eigenvalue weighted by Gasteiger charge is 2.35. The number of nitrogens with zero attached hydrogens (tertiary/aromatic N) is 1. The highest BCUT2D eigenvalue weighted by Crippen LogP contribution is 2.43. The van der Waals surface area contributed by atoms with Crippen LogP contribution in [0.3, 0.4) is 0 Å². The predicted molar refractivity (Wildman–Crippen MR) is 114 cm³/mol. The third-order valence-electron chi connectivity index (χ3n) is 4.86. The van der Waals surface area contributed by atoms with Gasteiger partial charge in [-0.1, -0.05) is 48.0 Å². The molecule has 0 spiro atoms. The van der Waals surface area contributed by atoms with Crippen molar-refractivity contribution in [1.29, 1.82) is 0 Å². The summed E-state index contributed by atoms with van der Waals surface area (Å²) in [6.07, 6.45) is 0. The van der Waals surface area contributed by atoms with Gasteiger partial charge in [-0.25, -0.2) is 0 Å². The molecule has 5 nitrogen and oxygen atoms in total. The Hall–Kier alpha value is -2.57. The van der Waals surface area contributed by atoms with Crippen molar-refractivity contribution in [3.8, 4) is 11.5 Å². The zero-order valence-electron chi connectivity index (χ0n) is 16.1. The molecule has 0 saturated carbocycles. The van der Waals surface area contributed by atoms with Gasteiger partial charge in [-0.05, 0) is 25.2 Å². The Kier molecular flexibility index (Phi) is 5.91. The van der Waals surface area contributed by atoms with Gasteiger partial charge in [-0.3, -0.25) is 4.79 Å². The van der Waals surface area contributed by atoms with Gasteiger partial charge in [0.1, 0.15) is 0 Å². The number of carbonyl (C=O) groups excluding carboxylic acids is 1. The van der Waals surface area contributed by atoms with Crippen LogP contribution in [0.5, 0.6) is 11.5 Å². The van der Waals surface area contributed by atoms with E-state index in [0.29, 0.717) is 38.3 Å². The first-order chi connectivity index (χ1) is 13.4. The maximum atomic E-state index is 13.4. The first-order valence-corrected chi connectivity index (χ1v) is 9.44. The smallest absolute Gasteiger partial charge is 0.193 e. The Labute approximate surface area is 174 Å². The van der Waals surface area contributed by atoms with Gasteiger partial charge in [-0.2, -0.15) is 0 Å². The highest BCUT2D eigenvalue weighted by atomic mass is 35.5. The molecule has 28 heavy (non-hydrogen) atoms. The average molecular weight is 417 g/mol. The number of benzene rings is 2. The summed E-state index contributed by atoms with van der Waals surface area (Å²) in [5.74, 6) is 0.844. The maximum absolute atomic E-state index is 13.4. The number of ether oxygens (including phenoxy) is 2. The van der Waals surface area contributed by atoms with Crippen molar-refractivity contribution in [3.63, 3.8) is 0 Å². The van der Waals surface area contributed by atoms with E-state index in [1.807, 2.05) is 38.2 Å². The minimum absolute atomic E-state index is 0.0872. The lowest BCUT2D eigenvalue weighted by molar-refractivity contribution is 0.102. The molecule has 7 heteroatoms. The molecular weight excluding hydrogens is 396 g/mol. The monoisotopic (exact) mass is 416 g/mol. The fourth-order valence-electron chi connectivity index (χ4n) is 3.24. The van der Waals surface area contributed by atoms with Gasteiger partial charge in [0, 0.05) is 29.4 Å². The van der Waals surface area contributed by atoms with Crippen LogP contribution in [0.15, 0.2) is 53.7 Å². The molecule has 3 rings (SSSR count). The predicted octanol–water partition coefficient (Wildman–Crippen LogP) is 4.38. The normalized spacial score (nSPS) is 16.7. The second-order valence-corrected chi connectivity index (χ2v) is 7.10. The molecule has 1 atom stereocenters. The fourth-order valence-corrected chi connectivity index (χ4v) is 3.83. The molecule has 1 aliphatic heterocycles. The van der Waals surface area contributed by atoms with Crippen LogP contribution in [0.1, 0.15) is 28.9 Å². The number of thiocarbonyl (C=S) groups is 1. The number of allylic oxidation sites excluding steroid dienone is 1. The molecule has 0 saturated heterocycles. The third kappa shape index (κ3) is 3.45. The van der Waals surface area contributed by atoms with E-state index in [4.69, 9.17) is 33.3 Å². The van der Waals surface area contributed by atoms with E-state index in [-0.39, 0.29) is 5.78 Å². The second-order valence-electron chi connectivity index (χ2n) is 6.34. The lowest BCUT2D eigenvalue weighted by Crippen LogP contribution is -2.45. The quantitative estimate of drug-likeness (QED) is 0.576. The number of hydrogen-bond acceptors (Lipinski definition) is 4. The lowest BCUT2D eigenvalue weighted by atomic mass is 9.89.